The van der Waals surface area contributed by atoms with Gasteiger partial charge in [-0.2, -0.15) is 0 Å². The summed E-state index contributed by atoms with van der Waals surface area (Å²) >= 11 is 0. The predicted octanol–water partition coefficient (Wildman–Crippen LogP) is 2.62. The van der Waals surface area contributed by atoms with Gasteiger partial charge in [-0.05, 0) is 36.6 Å². The van der Waals surface area contributed by atoms with Crippen LogP contribution >= 0.6 is 0 Å². The van der Waals surface area contributed by atoms with Crippen LogP contribution < -0.4 is 5.32 Å². The molecule has 3 rings (SSSR count). The van der Waals surface area contributed by atoms with Gasteiger partial charge in [0.15, 0.2) is 0 Å². The van der Waals surface area contributed by atoms with Gasteiger partial charge in [-0.1, -0.05) is 42.0 Å². The fraction of sp³-hybridized carbons (Fsp3) is 0.316. The van der Waals surface area contributed by atoms with Gasteiger partial charge in [-0.3, -0.25) is 0 Å². The molecule has 3 N–H and O–H groups in total. The molecular formula is C19H22N2O3. The van der Waals surface area contributed by atoms with E-state index in [1.165, 1.54) is 10.5 Å². The van der Waals surface area contributed by atoms with Gasteiger partial charge in [0.2, 0.25) is 0 Å². The Hall–Kier alpha value is -2.37. The van der Waals surface area contributed by atoms with Crippen molar-refractivity contribution in [2.75, 3.05) is 18.4 Å². The molecule has 0 bridgehead atoms. The molecule has 0 aliphatic carbocycles. The maximum Gasteiger partial charge on any atom is 0.321 e. The molecule has 1 aliphatic heterocycles. The molecule has 2 aromatic rings. The molecule has 126 valence electrons. The molecular weight excluding hydrogens is 304 g/mol. The van der Waals surface area contributed by atoms with Crippen LogP contribution in [0.1, 0.15) is 12.0 Å². The Morgan fingerprint density at radius 3 is 2.50 bits per heavy atom. The highest BCUT2D eigenvalue weighted by atomic mass is 16.3. The highest BCUT2D eigenvalue weighted by Crippen LogP contribution is 2.24. The van der Waals surface area contributed by atoms with Crippen molar-refractivity contribution in [2.24, 2.45) is 0 Å². The zero-order valence-corrected chi connectivity index (χ0v) is 13.6. The number of rotatable bonds is 2. The van der Waals surface area contributed by atoms with E-state index >= 15 is 0 Å². The Balaban J connectivity index is 1.72. The molecule has 0 aromatic heterocycles. The van der Waals surface area contributed by atoms with Gasteiger partial charge in [0.1, 0.15) is 0 Å². The number of urea groups is 1. The number of hydrogen-bond acceptors (Lipinski definition) is 3. The fourth-order valence-electron chi connectivity index (χ4n) is 2.91. The van der Waals surface area contributed by atoms with Crippen LogP contribution in [0, 0.1) is 6.92 Å². The van der Waals surface area contributed by atoms with Crippen LogP contribution in [-0.4, -0.2) is 46.4 Å². The van der Waals surface area contributed by atoms with Crippen LogP contribution in [0.15, 0.2) is 48.5 Å². The summed E-state index contributed by atoms with van der Waals surface area (Å²) in [6.45, 7) is 2.62. The average molecular weight is 326 g/mol. The SMILES string of the molecule is Cc1cccc(-c2cccc(NC(=O)N3CC[C@H](O)[C@@H](O)C3)c2)c1. The van der Waals surface area contributed by atoms with Gasteiger partial charge >= 0.3 is 6.03 Å². The number of nitrogens with zero attached hydrogens (tertiary/aromatic N) is 1. The third kappa shape index (κ3) is 3.75. The maximum atomic E-state index is 12.3. The minimum Gasteiger partial charge on any atom is -0.390 e. The number of hydrogen-bond donors (Lipinski definition) is 3. The lowest BCUT2D eigenvalue weighted by Gasteiger charge is -2.33. The third-order valence-corrected chi connectivity index (χ3v) is 4.30. The summed E-state index contributed by atoms with van der Waals surface area (Å²) in [5.74, 6) is 0. The second-order valence-electron chi connectivity index (χ2n) is 6.25. The molecule has 5 nitrogen and oxygen atoms in total. The number of aryl methyl sites for hydroxylation is 1. The molecule has 1 aliphatic rings. The van der Waals surface area contributed by atoms with Gasteiger partial charge in [0, 0.05) is 12.2 Å². The summed E-state index contributed by atoms with van der Waals surface area (Å²) in [6.07, 6.45) is -1.25. The number of piperidine rings is 1. The normalized spacial score (nSPS) is 20.7. The number of amides is 2. The first-order valence-corrected chi connectivity index (χ1v) is 8.12. The summed E-state index contributed by atoms with van der Waals surface area (Å²) in [6, 6.07) is 15.6. The van der Waals surface area contributed by atoms with E-state index in [1.807, 2.05) is 49.4 Å². The molecule has 0 saturated carbocycles. The third-order valence-electron chi connectivity index (χ3n) is 4.30. The van der Waals surface area contributed by atoms with Gasteiger partial charge in [0.05, 0.1) is 18.8 Å². The molecule has 5 heteroatoms. The quantitative estimate of drug-likeness (QED) is 0.794. The summed E-state index contributed by atoms with van der Waals surface area (Å²) in [7, 11) is 0. The number of carbonyl (C=O) groups excluding carboxylic acids is 1. The molecule has 2 amide bonds. The van der Waals surface area contributed by atoms with Crippen LogP contribution in [0.4, 0.5) is 10.5 Å². The van der Waals surface area contributed by atoms with Crippen molar-refractivity contribution < 1.29 is 15.0 Å². The number of β-amino-alcohol motifs (C(OH)–C–C–N with tert-alkyl or cyclic N) is 1. The van der Waals surface area contributed by atoms with E-state index in [9.17, 15) is 15.0 Å². The second kappa shape index (κ2) is 7.03. The van der Waals surface area contributed by atoms with E-state index in [0.717, 1.165) is 11.1 Å². The number of carbonyl (C=O) groups is 1. The highest BCUT2D eigenvalue weighted by molar-refractivity contribution is 5.90. The fourth-order valence-corrected chi connectivity index (χ4v) is 2.91. The monoisotopic (exact) mass is 326 g/mol. The van der Waals surface area contributed by atoms with Crippen LogP contribution in [0.25, 0.3) is 11.1 Å². The molecule has 2 aromatic carbocycles. The van der Waals surface area contributed by atoms with Crippen molar-refractivity contribution in [2.45, 2.75) is 25.6 Å². The van der Waals surface area contributed by atoms with Crippen molar-refractivity contribution in [3.63, 3.8) is 0 Å². The number of likely N-dealkylation sites (tertiary alicyclic amines) is 1. The molecule has 1 fully saturated rings. The van der Waals surface area contributed by atoms with E-state index in [1.54, 1.807) is 0 Å². The molecule has 0 radical (unpaired) electrons. The summed E-state index contributed by atoms with van der Waals surface area (Å²) in [5.41, 5.74) is 4.02. The maximum absolute atomic E-state index is 12.3. The first kappa shape index (κ1) is 16.5. The van der Waals surface area contributed by atoms with Crippen LogP contribution in [-0.2, 0) is 0 Å². The second-order valence-corrected chi connectivity index (χ2v) is 6.25. The van der Waals surface area contributed by atoms with E-state index in [4.69, 9.17) is 0 Å². The number of nitrogens with one attached hydrogen (secondary N) is 1. The number of aliphatic hydroxyl groups is 2. The minimum atomic E-state index is -0.886. The van der Waals surface area contributed by atoms with Crippen molar-refractivity contribution in [3.8, 4) is 11.1 Å². The topological polar surface area (TPSA) is 72.8 Å². The van der Waals surface area contributed by atoms with Crippen molar-refractivity contribution >= 4 is 11.7 Å². The van der Waals surface area contributed by atoms with E-state index < -0.39 is 12.2 Å². The molecule has 1 saturated heterocycles. The largest absolute Gasteiger partial charge is 0.390 e. The van der Waals surface area contributed by atoms with Gasteiger partial charge in [-0.25, -0.2) is 4.79 Å². The van der Waals surface area contributed by atoms with Crippen molar-refractivity contribution in [1.82, 2.24) is 4.90 Å². The number of aliphatic hydroxyl groups excluding tert-OH is 2. The zero-order chi connectivity index (χ0) is 17.1. The lowest BCUT2D eigenvalue weighted by Crippen LogP contribution is -2.50. The molecule has 0 unspecified atom stereocenters. The first-order valence-electron chi connectivity index (χ1n) is 8.12. The Morgan fingerprint density at radius 1 is 1.08 bits per heavy atom. The van der Waals surface area contributed by atoms with E-state index in [0.29, 0.717) is 18.7 Å². The summed E-state index contributed by atoms with van der Waals surface area (Å²) < 4.78 is 0. The standard InChI is InChI=1S/C19H22N2O3/c1-13-4-2-5-14(10-13)15-6-3-7-16(11-15)20-19(24)21-9-8-17(22)18(23)12-21/h2-7,10-11,17-18,22-23H,8-9,12H2,1H3,(H,20,24)/t17-,18-/m0/s1. The molecule has 1 heterocycles. The number of benzene rings is 2. The van der Waals surface area contributed by atoms with Crippen LogP contribution in [0.5, 0.6) is 0 Å². The molecule has 2 atom stereocenters. The first-order chi connectivity index (χ1) is 11.5. The number of anilines is 1. The van der Waals surface area contributed by atoms with Gasteiger partial charge < -0.3 is 20.4 Å². The zero-order valence-electron chi connectivity index (χ0n) is 13.6. The minimum absolute atomic E-state index is 0.143. The van der Waals surface area contributed by atoms with Crippen molar-refractivity contribution in [1.29, 1.82) is 0 Å². The van der Waals surface area contributed by atoms with Crippen LogP contribution in [0.3, 0.4) is 0 Å². The average Bonchev–Trinajstić information content (AvgIpc) is 2.57. The summed E-state index contributed by atoms with van der Waals surface area (Å²) in [4.78, 5) is 13.9. The Kier molecular flexibility index (Phi) is 4.83. The Labute approximate surface area is 141 Å². The van der Waals surface area contributed by atoms with E-state index in [2.05, 4.69) is 11.4 Å². The highest BCUT2D eigenvalue weighted by Gasteiger charge is 2.28. The van der Waals surface area contributed by atoms with Gasteiger partial charge in [-0.15, -0.1) is 0 Å². The predicted molar refractivity (Wildman–Crippen MR) is 93.8 cm³/mol. The summed E-state index contributed by atoms with van der Waals surface area (Å²) in [5, 5.41) is 22.1. The van der Waals surface area contributed by atoms with E-state index in [-0.39, 0.29) is 12.6 Å². The van der Waals surface area contributed by atoms with Gasteiger partial charge in [0.25, 0.3) is 0 Å². The Morgan fingerprint density at radius 2 is 1.79 bits per heavy atom. The molecule has 24 heavy (non-hydrogen) atoms. The Bertz CT molecular complexity index is 732. The van der Waals surface area contributed by atoms with Crippen molar-refractivity contribution in [3.05, 3.63) is 54.1 Å². The smallest absolute Gasteiger partial charge is 0.321 e. The lowest BCUT2D eigenvalue weighted by molar-refractivity contribution is -0.0263. The van der Waals surface area contributed by atoms with Crippen LogP contribution in [0.2, 0.25) is 0 Å². The molecule has 0 spiro atoms. The lowest BCUT2D eigenvalue weighted by atomic mass is 10.0.